The third kappa shape index (κ3) is 4.47. The second-order valence-corrected chi connectivity index (χ2v) is 5.18. The van der Waals surface area contributed by atoms with Gasteiger partial charge in [0.15, 0.2) is 6.10 Å². The summed E-state index contributed by atoms with van der Waals surface area (Å²) in [7, 11) is 1.46. The quantitative estimate of drug-likeness (QED) is 0.850. The van der Waals surface area contributed by atoms with Crippen molar-refractivity contribution < 1.29 is 19.1 Å². The molecule has 1 atom stereocenters. The molecule has 23 heavy (non-hydrogen) atoms. The molecule has 120 valence electrons. The van der Waals surface area contributed by atoms with E-state index < -0.39 is 18.0 Å². The molecule has 2 rings (SSSR count). The Morgan fingerprint density at radius 1 is 1.13 bits per heavy atom. The number of hydrogen-bond donors (Lipinski definition) is 1. The fourth-order valence-corrected chi connectivity index (χ4v) is 2.09. The van der Waals surface area contributed by atoms with Crippen LogP contribution in [-0.4, -0.2) is 25.1 Å². The molecule has 0 radical (unpaired) electrons. The standard InChI is InChI=1S/C17H16ClNO4/c1-11(16(20)19-13-7-5-6-12(18)10-13)23-17(21)14-8-3-4-9-15(14)22-2/h3-11H,1-2H3,(H,19,20)/t11-/m1/s1. The van der Waals surface area contributed by atoms with E-state index >= 15 is 0 Å². The van der Waals surface area contributed by atoms with Crippen molar-refractivity contribution in [1.82, 2.24) is 0 Å². The van der Waals surface area contributed by atoms with Gasteiger partial charge in [0, 0.05) is 10.7 Å². The van der Waals surface area contributed by atoms with Gasteiger partial charge >= 0.3 is 5.97 Å². The van der Waals surface area contributed by atoms with Crippen molar-refractivity contribution >= 4 is 29.2 Å². The lowest BCUT2D eigenvalue weighted by Gasteiger charge is -2.14. The van der Waals surface area contributed by atoms with Crippen molar-refractivity contribution in [2.75, 3.05) is 12.4 Å². The molecule has 6 heteroatoms. The van der Waals surface area contributed by atoms with E-state index in [9.17, 15) is 9.59 Å². The largest absolute Gasteiger partial charge is 0.496 e. The van der Waals surface area contributed by atoms with Gasteiger partial charge in [0.1, 0.15) is 11.3 Å². The summed E-state index contributed by atoms with van der Waals surface area (Å²) in [5.74, 6) is -0.688. The van der Waals surface area contributed by atoms with E-state index in [4.69, 9.17) is 21.1 Å². The number of esters is 1. The van der Waals surface area contributed by atoms with Crippen molar-refractivity contribution in [3.63, 3.8) is 0 Å². The van der Waals surface area contributed by atoms with E-state index in [1.807, 2.05) is 0 Å². The van der Waals surface area contributed by atoms with Crippen LogP contribution in [0.2, 0.25) is 5.02 Å². The molecule has 5 nitrogen and oxygen atoms in total. The molecule has 1 N–H and O–H groups in total. The van der Waals surface area contributed by atoms with Crippen LogP contribution in [0.4, 0.5) is 5.69 Å². The van der Waals surface area contributed by atoms with Gasteiger partial charge in [0.25, 0.3) is 5.91 Å². The minimum Gasteiger partial charge on any atom is -0.496 e. The summed E-state index contributed by atoms with van der Waals surface area (Å²) in [4.78, 5) is 24.2. The first-order valence-electron chi connectivity index (χ1n) is 6.91. The normalized spacial score (nSPS) is 11.4. The summed E-state index contributed by atoms with van der Waals surface area (Å²) in [5.41, 5.74) is 0.792. The fraction of sp³-hybridized carbons (Fsp3) is 0.176. The molecule has 0 aliphatic carbocycles. The predicted molar refractivity (Wildman–Crippen MR) is 88.0 cm³/mol. The van der Waals surface area contributed by atoms with Crippen LogP contribution in [0.5, 0.6) is 5.75 Å². The molecule has 2 aromatic rings. The summed E-state index contributed by atoms with van der Waals surface area (Å²) in [6.07, 6.45) is -0.966. The molecule has 0 aliphatic heterocycles. The molecule has 0 spiro atoms. The Labute approximate surface area is 139 Å². The van der Waals surface area contributed by atoms with Crippen molar-refractivity contribution in [1.29, 1.82) is 0 Å². The maximum absolute atomic E-state index is 12.1. The summed E-state index contributed by atoms with van der Waals surface area (Å²) in [5, 5.41) is 3.14. The molecule has 1 amide bonds. The lowest BCUT2D eigenvalue weighted by Crippen LogP contribution is -2.30. The first-order valence-corrected chi connectivity index (χ1v) is 7.29. The Morgan fingerprint density at radius 3 is 2.57 bits per heavy atom. The van der Waals surface area contributed by atoms with Gasteiger partial charge in [0.2, 0.25) is 0 Å². The van der Waals surface area contributed by atoms with Gasteiger partial charge in [-0.15, -0.1) is 0 Å². The molecular weight excluding hydrogens is 318 g/mol. The SMILES string of the molecule is COc1ccccc1C(=O)O[C@H](C)C(=O)Nc1cccc(Cl)c1. The Kier molecular flexibility index (Phi) is 5.60. The Bertz CT molecular complexity index is 717. The second kappa shape index (κ2) is 7.65. The number of ether oxygens (including phenoxy) is 2. The summed E-state index contributed by atoms with van der Waals surface area (Å²) in [6.45, 7) is 1.49. The van der Waals surface area contributed by atoms with Crippen LogP contribution >= 0.6 is 11.6 Å². The molecule has 0 fully saturated rings. The number of nitrogens with one attached hydrogen (secondary N) is 1. The van der Waals surface area contributed by atoms with Gasteiger partial charge in [0.05, 0.1) is 7.11 Å². The van der Waals surface area contributed by atoms with Crippen LogP contribution in [0.15, 0.2) is 48.5 Å². The van der Waals surface area contributed by atoms with E-state index in [-0.39, 0.29) is 5.56 Å². The number of carbonyl (C=O) groups is 2. The Hall–Kier alpha value is -2.53. The molecule has 0 saturated heterocycles. The van der Waals surface area contributed by atoms with Crippen molar-refractivity contribution in [3.8, 4) is 5.75 Å². The van der Waals surface area contributed by atoms with Crippen LogP contribution in [0, 0.1) is 0 Å². The first-order chi connectivity index (χ1) is 11.0. The number of carbonyl (C=O) groups excluding carboxylic acids is 2. The van der Waals surface area contributed by atoms with Gasteiger partial charge in [-0.1, -0.05) is 29.8 Å². The fourth-order valence-electron chi connectivity index (χ4n) is 1.90. The number of rotatable bonds is 5. The molecule has 0 heterocycles. The van der Waals surface area contributed by atoms with E-state index in [2.05, 4.69) is 5.32 Å². The number of halogens is 1. The number of methoxy groups -OCH3 is 1. The minimum absolute atomic E-state index is 0.261. The van der Waals surface area contributed by atoms with Gasteiger partial charge < -0.3 is 14.8 Å². The number of benzene rings is 2. The third-order valence-electron chi connectivity index (χ3n) is 3.07. The van der Waals surface area contributed by atoms with Crippen molar-refractivity contribution in [2.45, 2.75) is 13.0 Å². The smallest absolute Gasteiger partial charge is 0.342 e. The molecular formula is C17H16ClNO4. The molecule has 0 aromatic heterocycles. The highest BCUT2D eigenvalue weighted by Crippen LogP contribution is 2.19. The zero-order valence-corrected chi connectivity index (χ0v) is 13.5. The average molecular weight is 334 g/mol. The monoisotopic (exact) mass is 333 g/mol. The van der Waals surface area contributed by atoms with Gasteiger partial charge in [-0.05, 0) is 37.3 Å². The van der Waals surface area contributed by atoms with Crippen LogP contribution in [0.3, 0.4) is 0 Å². The minimum atomic E-state index is -0.966. The highest BCUT2D eigenvalue weighted by Gasteiger charge is 2.21. The Balaban J connectivity index is 2.01. The lowest BCUT2D eigenvalue weighted by atomic mass is 10.2. The number of anilines is 1. The number of para-hydroxylation sites is 1. The van der Waals surface area contributed by atoms with Gasteiger partial charge in [-0.2, -0.15) is 0 Å². The molecule has 0 saturated carbocycles. The summed E-state index contributed by atoms with van der Waals surface area (Å²) in [6, 6.07) is 13.4. The highest BCUT2D eigenvalue weighted by molar-refractivity contribution is 6.30. The van der Waals surface area contributed by atoms with Crippen LogP contribution in [0.25, 0.3) is 0 Å². The summed E-state index contributed by atoms with van der Waals surface area (Å²) >= 11 is 5.86. The number of amides is 1. The average Bonchev–Trinajstić information content (AvgIpc) is 2.54. The Morgan fingerprint density at radius 2 is 1.87 bits per heavy atom. The summed E-state index contributed by atoms with van der Waals surface area (Å²) < 4.78 is 10.3. The first kappa shape index (κ1) is 16.8. The van der Waals surface area contributed by atoms with E-state index in [0.29, 0.717) is 16.5 Å². The third-order valence-corrected chi connectivity index (χ3v) is 3.31. The number of hydrogen-bond acceptors (Lipinski definition) is 4. The second-order valence-electron chi connectivity index (χ2n) is 4.75. The highest BCUT2D eigenvalue weighted by atomic mass is 35.5. The molecule has 0 unspecified atom stereocenters. The van der Waals surface area contributed by atoms with Crippen molar-refractivity contribution in [2.24, 2.45) is 0 Å². The van der Waals surface area contributed by atoms with Crippen LogP contribution in [0.1, 0.15) is 17.3 Å². The zero-order chi connectivity index (χ0) is 16.8. The molecule has 0 aliphatic rings. The van der Waals surface area contributed by atoms with Gasteiger partial charge in [-0.25, -0.2) is 4.79 Å². The topological polar surface area (TPSA) is 64.6 Å². The zero-order valence-electron chi connectivity index (χ0n) is 12.7. The van der Waals surface area contributed by atoms with Crippen LogP contribution < -0.4 is 10.1 Å². The van der Waals surface area contributed by atoms with Gasteiger partial charge in [-0.3, -0.25) is 4.79 Å². The predicted octanol–water partition coefficient (Wildman–Crippen LogP) is 3.53. The van der Waals surface area contributed by atoms with Crippen molar-refractivity contribution in [3.05, 3.63) is 59.1 Å². The lowest BCUT2D eigenvalue weighted by molar-refractivity contribution is -0.123. The maximum atomic E-state index is 12.1. The van der Waals surface area contributed by atoms with E-state index in [1.165, 1.54) is 14.0 Å². The van der Waals surface area contributed by atoms with E-state index in [0.717, 1.165) is 0 Å². The van der Waals surface area contributed by atoms with Crippen LogP contribution in [-0.2, 0) is 9.53 Å². The van der Waals surface area contributed by atoms with E-state index in [1.54, 1.807) is 48.5 Å². The maximum Gasteiger partial charge on any atom is 0.342 e. The molecule has 0 bridgehead atoms. The molecule has 2 aromatic carbocycles.